The van der Waals surface area contributed by atoms with E-state index < -0.39 is 0 Å². The van der Waals surface area contributed by atoms with E-state index in [4.69, 9.17) is 4.74 Å². The fourth-order valence-corrected chi connectivity index (χ4v) is 0.910. The van der Waals surface area contributed by atoms with Gasteiger partial charge in [0.15, 0.2) is 0 Å². The summed E-state index contributed by atoms with van der Waals surface area (Å²) < 4.78 is 5.04. The molecule has 2 aliphatic heterocycles. The zero-order chi connectivity index (χ0) is 3.98. The third-order valence-corrected chi connectivity index (χ3v) is 1.36. The van der Waals surface area contributed by atoms with Crippen molar-refractivity contribution in [3.63, 3.8) is 0 Å². The van der Waals surface area contributed by atoms with Crippen molar-refractivity contribution >= 4 is 0 Å². The van der Waals surface area contributed by atoms with Crippen LogP contribution in [0.25, 0.3) is 0 Å². The summed E-state index contributed by atoms with van der Waals surface area (Å²) in [6.45, 7) is 1.16. The molecule has 0 aromatic rings. The molecule has 2 heteroatoms. The molecular formula is C4H7NO. The Balaban J connectivity index is 2.09. The predicted octanol–water partition coefficient (Wildman–Crippen LogP) is -0.295. The average Bonchev–Trinajstić information content (AvgIpc) is 2.17. The van der Waals surface area contributed by atoms with Gasteiger partial charge in [-0.15, -0.1) is 0 Å². The highest BCUT2D eigenvalue weighted by atomic mass is 16.6. The van der Waals surface area contributed by atoms with Gasteiger partial charge in [-0.1, -0.05) is 0 Å². The molecule has 2 fully saturated rings. The molecule has 0 aromatic heterocycles. The minimum Gasteiger partial charge on any atom is -0.353 e. The van der Waals surface area contributed by atoms with Gasteiger partial charge in [0.1, 0.15) is 12.3 Å². The van der Waals surface area contributed by atoms with Crippen molar-refractivity contribution < 1.29 is 4.74 Å². The monoisotopic (exact) mass is 85.1 g/mol. The maximum Gasteiger partial charge on any atom is 0.135 e. The lowest BCUT2D eigenvalue weighted by atomic mass is 10.4. The van der Waals surface area contributed by atoms with Crippen molar-refractivity contribution in [2.75, 3.05) is 6.54 Å². The van der Waals surface area contributed by atoms with Crippen LogP contribution in [0, 0.1) is 0 Å². The summed E-state index contributed by atoms with van der Waals surface area (Å²) in [5, 5.41) is 3.17. The first kappa shape index (κ1) is 2.99. The Morgan fingerprint density at radius 1 is 1.67 bits per heavy atom. The lowest BCUT2D eigenvalue weighted by molar-refractivity contribution is 0.310. The molecule has 2 atom stereocenters. The first-order valence-corrected chi connectivity index (χ1v) is 2.36. The largest absolute Gasteiger partial charge is 0.353 e. The van der Waals surface area contributed by atoms with Crippen molar-refractivity contribution in [3.8, 4) is 0 Å². The molecule has 6 heavy (non-hydrogen) atoms. The minimum atomic E-state index is 0.463. The van der Waals surface area contributed by atoms with E-state index in [1.807, 2.05) is 0 Å². The molecule has 2 unspecified atom stereocenters. The number of ether oxygens (including phenoxy) is 1. The summed E-state index contributed by atoms with van der Waals surface area (Å²) in [5.41, 5.74) is 0. The second-order valence-corrected chi connectivity index (χ2v) is 1.84. The molecule has 34 valence electrons. The van der Waals surface area contributed by atoms with Crippen LogP contribution in [0.3, 0.4) is 0 Å². The molecule has 0 saturated carbocycles. The molecule has 0 aromatic carbocycles. The Morgan fingerprint density at radius 2 is 2.67 bits per heavy atom. The molecule has 2 rings (SSSR count). The first-order chi connectivity index (χ1) is 2.97. The second-order valence-electron chi connectivity index (χ2n) is 1.84. The normalized spacial score (nSPS) is 52.0. The van der Waals surface area contributed by atoms with Crippen LogP contribution < -0.4 is 5.32 Å². The van der Waals surface area contributed by atoms with Crippen LogP contribution in [-0.4, -0.2) is 18.9 Å². The Labute approximate surface area is 36.5 Å². The Hall–Kier alpha value is -0.0800. The summed E-state index contributed by atoms with van der Waals surface area (Å²) >= 11 is 0. The molecule has 2 aliphatic rings. The molecule has 0 bridgehead atoms. The smallest absolute Gasteiger partial charge is 0.135 e. The fraction of sp³-hybridized carbons (Fsp3) is 1.00. The lowest BCUT2D eigenvalue weighted by Crippen LogP contribution is -2.11. The minimum absolute atomic E-state index is 0.463. The Morgan fingerprint density at radius 3 is 2.83 bits per heavy atom. The van der Waals surface area contributed by atoms with Crippen molar-refractivity contribution in [3.05, 3.63) is 0 Å². The van der Waals surface area contributed by atoms with Gasteiger partial charge in [-0.2, -0.15) is 0 Å². The molecule has 1 N–H and O–H groups in total. The summed E-state index contributed by atoms with van der Waals surface area (Å²) in [5.74, 6) is 0. The molecule has 2 nitrogen and oxygen atoms in total. The van der Waals surface area contributed by atoms with Crippen LogP contribution in [0.15, 0.2) is 0 Å². The van der Waals surface area contributed by atoms with Crippen LogP contribution in [0.2, 0.25) is 0 Å². The average molecular weight is 85.1 g/mol. The number of hydrogen-bond acceptors (Lipinski definition) is 2. The van der Waals surface area contributed by atoms with Crippen LogP contribution >= 0.6 is 0 Å². The van der Waals surface area contributed by atoms with Gasteiger partial charge >= 0.3 is 0 Å². The number of epoxide rings is 1. The van der Waals surface area contributed by atoms with E-state index >= 15 is 0 Å². The fourth-order valence-electron chi connectivity index (χ4n) is 0.910. The molecule has 2 saturated heterocycles. The van der Waals surface area contributed by atoms with Gasteiger partial charge in [0.05, 0.1) is 0 Å². The SMILES string of the molecule is C1CC2OC2N1. The van der Waals surface area contributed by atoms with E-state index in [9.17, 15) is 0 Å². The zero-order valence-electron chi connectivity index (χ0n) is 3.48. The van der Waals surface area contributed by atoms with Crippen LogP contribution in [0.1, 0.15) is 6.42 Å². The maximum absolute atomic E-state index is 5.04. The molecule has 0 spiro atoms. The highest BCUT2D eigenvalue weighted by molar-refractivity contribution is 4.89. The van der Waals surface area contributed by atoms with Crippen molar-refractivity contribution in [1.29, 1.82) is 0 Å². The van der Waals surface area contributed by atoms with Crippen molar-refractivity contribution in [2.45, 2.75) is 18.8 Å². The molecule has 0 amide bonds. The van der Waals surface area contributed by atoms with Gasteiger partial charge in [0.2, 0.25) is 0 Å². The number of fused-ring (bicyclic) bond motifs is 1. The molecule has 0 aliphatic carbocycles. The first-order valence-electron chi connectivity index (χ1n) is 2.36. The number of hydrogen-bond donors (Lipinski definition) is 1. The van der Waals surface area contributed by atoms with Crippen LogP contribution in [-0.2, 0) is 4.74 Å². The number of rotatable bonds is 0. The zero-order valence-corrected chi connectivity index (χ0v) is 3.48. The summed E-state index contributed by atoms with van der Waals surface area (Å²) in [6, 6.07) is 0. The van der Waals surface area contributed by atoms with Gasteiger partial charge in [-0.3, -0.25) is 5.32 Å². The Kier molecular flexibility index (Phi) is 0.383. The van der Waals surface area contributed by atoms with Crippen LogP contribution in [0.4, 0.5) is 0 Å². The molecular weight excluding hydrogens is 78.1 g/mol. The third-order valence-electron chi connectivity index (χ3n) is 1.36. The summed E-state index contributed by atoms with van der Waals surface area (Å²) in [6.07, 6.45) is 2.29. The predicted molar refractivity (Wildman–Crippen MR) is 21.3 cm³/mol. The topological polar surface area (TPSA) is 24.6 Å². The quantitative estimate of drug-likeness (QED) is 0.408. The molecule has 2 heterocycles. The summed E-state index contributed by atoms with van der Waals surface area (Å²) in [7, 11) is 0. The Bertz CT molecular complexity index is 65.9. The van der Waals surface area contributed by atoms with Crippen LogP contribution in [0.5, 0.6) is 0 Å². The second kappa shape index (κ2) is 0.768. The van der Waals surface area contributed by atoms with E-state index in [0.717, 1.165) is 6.54 Å². The number of nitrogens with one attached hydrogen (secondary N) is 1. The van der Waals surface area contributed by atoms with E-state index in [2.05, 4.69) is 5.32 Å². The van der Waals surface area contributed by atoms with E-state index in [1.165, 1.54) is 6.42 Å². The van der Waals surface area contributed by atoms with Gasteiger partial charge in [-0.25, -0.2) is 0 Å². The van der Waals surface area contributed by atoms with E-state index in [0.29, 0.717) is 12.3 Å². The van der Waals surface area contributed by atoms with E-state index in [-0.39, 0.29) is 0 Å². The summed E-state index contributed by atoms with van der Waals surface area (Å²) in [4.78, 5) is 0. The van der Waals surface area contributed by atoms with Gasteiger partial charge in [-0.05, 0) is 6.42 Å². The van der Waals surface area contributed by atoms with Gasteiger partial charge in [0.25, 0.3) is 0 Å². The highest BCUT2D eigenvalue weighted by Crippen LogP contribution is 2.26. The molecule has 0 radical (unpaired) electrons. The van der Waals surface area contributed by atoms with Gasteiger partial charge in [0, 0.05) is 6.54 Å². The highest BCUT2D eigenvalue weighted by Gasteiger charge is 2.42. The van der Waals surface area contributed by atoms with E-state index in [1.54, 1.807) is 0 Å². The third kappa shape index (κ3) is 0.235. The maximum atomic E-state index is 5.04. The van der Waals surface area contributed by atoms with Crippen molar-refractivity contribution in [1.82, 2.24) is 5.32 Å². The van der Waals surface area contributed by atoms with Gasteiger partial charge < -0.3 is 4.74 Å². The standard InChI is InChI=1S/C4H7NO/c1-2-5-4-3(1)6-4/h3-5H,1-2H2. The lowest BCUT2D eigenvalue weighted by Gasteiger charge is -1.86. The van der Waals surface area contributed by atoms with Crippen molar-refractivity contribution in [2.24, 2.45) is 0 Å².